The number of hydrogen-bond donors (Lipinski definition) is 1. The summed E-state index contributed by atoms with van der Waals surface area (Å²) in [6.07, 6.45) is 1.49. The van der Waals surface area contributed by atoms with Crippen molar-refractivity contribution in [2.24, 2.45) is 5.10 Å². The van der Waals surface area contributed by atoms with Gasteiger partial charge in [-0.1, -0.05) is 46.3 Å². The summed E-state index contributed by atoms with van der Waals surface area (Å²) in [5.74, 6) is -0.554. The number of carbonyl (C=O) groups is 1. The van der Waals surface area contributed by atoms with Crippen LogP contribution in [0.3, 0.4) is 0 Å². The Kier molecular flexibility index (Phi) is 7.62. The minimum atomic E-state index is -3.93. The molecule has 0 aliphatic carbocycles. The van der Waals surface area contributed by atoms with E-state index in [4.69, 9.17) is 0 Å². The highest BCUT2D eigenvalue weighted by Gasteiger charge is 2.27. The minimum Gasteiger partial charge on any atom is -0.271 e. The lowest BCUT2D eigenvalue weighted by atomic mass is 10.2. The molecule has 154 valence electrons. The van der Waals surface area contributed by atoms with Gasteiger partial charge in [-0.15, -0.1) is 0 Å². The number of carbonyl (C=O) groups excluding carboxylic acids is 1. The molecule has 6 nitrogen and oxygen atoms in total. The van der Waals surface area contributed by atoms with Gasteiger partial charge in [-0.25, -0.2) is 13.8 Å². The molecule has 0 radical (unpaired) electrons. The number of benzene rings is 3. The summed E-state index contributed by atoms with van der Waals surface area (Å²) in [7, 11) is -3.93. The Labute approximate surface area is 197 Å². The zero-order valence-corrected chi connectivity index (χ0v) is 20.1. The second-order valence-electron chi connectivity index (χ2n) is 6.15. The molecule has 1 N–H and O–H groups in total. The van der Waals surface area contributed by atoms with Crippen molar-refractivity contribution in [2.75, 3.05) is 10.8 Å². The molecule has 3 rings (SSSR count). The Morgan fingerprint density at radius 2 is 1.63 bits per heavy atom. The van der Waals surface area contributed by atoms with Crippen molar-refractivity contribution in [3.63, 3.8) is 0 Å². The molecule has 30 heavy (non-hydrogen) atoms. The number of nitrogens with zero attached hydrogens (tertiary/aromatic N) is 2. The van der Waals surface area contributed by atoms with Gasteiger partial charge >= 0.3 is 0 Å². The van der Waals surface area contributed by atoms with Crippen LogP contribution in [-0.2, 0) is 14.8 Å². The van der Waals surface area contributed by atoms with Crippen molar-refractivity contribution >= 4 is 66.4 Å². The van der Waals surface area contributed by atoms with Gasteiger partial charge < -0.3 is 0 Å². The Bertz CT molecular complexity index is 1140. The van der Waals surface area contributed by atoms with Gasteiger partial charge in [0.1, 0.15) is 6.54 Å². The van der Waals surface area contributed by atoms with E-state index in [9.17, 15) is 13.2 Å². The van der Waals surface area contributed by atoms with Gasteiger partial charge in [0.15, 0.2) is 0 Å². The molecule has 0 atom stereocenters. The van der Waals surface area contributed by atoms with Crippen LogP contribution in [0.5, 0.6) is 0 Å². The van der Waals surface area contributed by atoms with E-state index in [0.29, 0.717) is 5.69 Å². The van der Waals surface area contributed by atoms with Crippen LogP contribution in [0.4, 0.5) is 5.69 Å². The molecule has 0 spiro atoms. The molecule has 0 unspecified atom stereocenters. The zero-order valence-electron chi connectivity index (χ0n) is 15.6. The van der Waals surface area contributed by atoms with Gasteiger partial charge in [-0.05, 0) is 76.7 Å². The maximum Gasteiger partial charge on any atom is 0.264 e. The van der Waals surface area contributed by atoms with Crippen LogP contribution in [0.25, 0.3) is 0 Å². The van der Waals surface area contributed by atoms with E-state index in [-0.39, 0.29) is 4.90 Å². The van der Waals surface area contributed by atoms with Crippen LogP contribution in [0, 0.1) is 3.57 Å². The van der Waals surface area contributed by atoms with E-state index in [1.807, 2.05) is 24.3 Å². The maximum atomic E-state index is 13.2. The van der Waals surface area contributed by atoms with E-state index in [0.717, 1.165) is 17.9 Å². The fourth-order valence-corrected chi connectivity index (χ4v) is 4.60. The summed E-state index contributed by atoms with van der Waals surface area (Å²) in [6, 6.07) is 22.3. The monoisotopic (exact) mass is 597 g/mol. The Morgan fingerprint density at radius 3 is 2.27 bits per heavy atom. The van der Waals surface area contributed by atoms with Crippen LogP contribution < -0.4 is 9.73 Å². The molecule has 9 heteroatoms. The zero-order chi connectivity index (χ0) is 21.6. The van der Waals surface area contributed by atoms with E-state index >= 15 is 0 Å². The Morgan fingerprint density at radius 1 is 1.00 bits per heavy atom. The maximum absolute atomic E-state index is 13.2. The molecule has 3 aromatic carbocycles. The largest absolute Gasteiger partial charge is 0.271 e. The van der Waals surface area contributed by atoms with Gasteiger partial charge in [0.25, 0.3) is 15.9 Å². The van der Waals surface area contributed by atoms with Crippen LogP contribution in [0.15, 0.2) is 93.3 Å². The van der Waals surface area contributed by atoms with Crippen LogP contribution in [0.1, 0.15) is 5.56 Å². The van der Waals surface area contributed by atoms with E-state index in [1.54, 1.807) is 42.5 Å². The summed E-state index contributed by atoms with van der Waals surface area (Å²) < 4.78 is 29.3. The number of sulfonamides is 1. The van der Waals surface area contributed by atoms with Crippen molar-refractivity contribution in [1.82, 2.24) is 5.43 Å². The van der Waals surface area contributed by atoms with Gasteiger partial charge in [-0.3, -0.25) is 9.10 Å². The van der Waals surface area contributed by atoms with Crippen molar-refractivity contribution in [3.05, 3.63) is 92.5 Å². The molecule has 0 aromatic heterocycles. The third-order valence-corrected chi connectivity index (χ3v) is 7.04. The first-order chi connectivity index (χ1) is 14.4. The quantitative estimate of drug-likeness (QED) is 0.249. The predicted octanol–water partition coefficient (Wildman–Crippen LogP) is 4.40. The van der Waals surface area contributed by atoms with Crippen molar-refractivity contribution < 1.29 is 13.2 Å². The minimum absolute atomic E-state index is 0.106. The standard InChI is InChI=1S/C21H17BrIN3O3S/c22-17-8-6-16(7-9-17)14-24-25-21(27)15-26(19-12-10-18(23)11-13-19)30(28,29)20-4-2-1-3-5-20/h1-14H,15H2,(H,25,27)/b24-14-. The molecule has 3 aromatic rings. The molecule has 0 aliphatic rings. The summed E-state index contributed by atoms with van der Waals surface area (Å²) in [5.41, 5.74) is 3.58. The molecule has 1 amide bonds. The molecular formula is C21H17BrIN3O3S. The lowest BCUT2D eigenvalue weighted by Crippen LogP contribution is -2.39. The van der Waals surface area contributed by atoms with E-state index < -0.39 is 22.5 Å². The normalized spacial score (nSPS) is 11.4. The number of hydrogen-bond acceptors (Lipinski definition) is 4. The molecule has 0 saturated carbocycles. The molecule has 0 bridgehead atoms. The average Bonchev–Trinajstić information content (AvgIpc) is 2.75. The summed E-state index contributed by atoms with van der Waals surface area (Å²) in [6.45, 7) is -0.407. The average molecular weight is 598 g/mol. The van der Waals surface area contributed by atoms with Crippen LogP contribution in [-0.4, -0.2) is 27.1 Å². The number of rotatable bonds is 7. The first-order valence-corrected chi connectivity index (χ1v) is 12.1. The molecular weight excluding hydrogens is 581 g/mol. The fraction of sp³-hybridized carbons (Fsp3) is 0.0476. The smallest absolute Gasteiger partial charge is 0.264 e. The van der Waals surface area contributed by atoms with E-state index in [1.165, 1.54) is 18.3 Å². The SMILES string of the molecule is O=C(CN(c1ccc(I)cc1)S(=O)(=O)c1ccccc1)N/N=C\c1ccc(Br)cc1. The topological polar surface area (TPSA) is 78.8 Å². The predicted molar refractivity (Wildman–Crippen MR) is 130 cm³/mol. The van der Waals surface area contributed by atoms with Gasteiger partial charge in [-0.2, -0.15) is 5.10 Å². The second kappa shape index (κ2) is 10.2. The first kappa shape index (κ1) is 22.4. The fourth-order valence-electron chi connectivity index (χ4n) is 2.54. The molecule has 0 fully saturated rings. The highest BCUT2D eigenvalue weighted by molar-refractivity contribution is 14.1. The summed E-state index contributed by atoms with van der Waals surface area (Å²) in [5, 5.41) is 3.92. The summed E-state index contributed by atoms with van der Waals surface area (Å²) in [4.78, 5) is 12.6. The second-order valence-corrected chi connectivity index (χ2v) is 10.2. The van der Waals surface area contributed by atoms with Gasteiger partial charge in [0.05, 0.1) is 16.8 Å². The van der Waals surface area contributed by atoms with Crippen LogP contribution >= 0.6 is 38.5 Å². The number of nitrogens with one attached hydrogen (secondary N) is 1. The number of anilines is 1. The molecule has 0 heterocycles. The van der Waals surface area contributed by atoms with Crippen LogP contribution in [0.2, 0.25) is 0 Å². The van der Waals surface area contributed by atoms with Crippen molar-refractivity contribution in [2.45, 2.75) is 4.90 Å². The van der Waals surface area contributed by atoms with Gasteiger partial charge in [0.2, 0.25) is 0 Å². The Hall–Kier alpha value is -2.24. The number of hydrazone groups is 1. The molecule has 0 saturated heterocycles. The number of halogens is 2. The third-order valence-electron chi connectivity index (χ3n) is 4.01. The van der Waals surface area contributed by atoms with Crippen molar-refractivity contribution in [3.8, 4) is 0 Å². The van der Waals surface area contributed by atoms with E-state index in [2.05, 4.69) is 49.0 Å². The first-order valence-electron chi connectivity index (χ1n) is 8.77. The lowest BCUT2D eigenvalue weighted by molar-refractivity contribution is -0.119. The Balaban J connectivity index is 1.81. The third kappa shape index (κ3) is 5.89. The highest BCUT2D eigenvalue weighted by atomic mass is 127. The lowest BCUT2D eigenvalue weighted by Gasteiger charge is -2.23. The van der Waals surface area contributed by atoms with Crippen molar-refractivity contribution in [1.29, 1.82) is 0 Å². The molecule has 0 aliphatic heterocycles. The number of amides is 1. The van der Waals surface area contributed by atoms with Gasteiger partial charge in [0, 0.05) is 8.04 Å². The highest BCUT2D eigenvalue weighted by Crippen LogP contribution is 2.24. The summed E-state index contributed by atoms with van der Waals surface area (Å²) >= 11 is 5.49.